The molecule has 1 heterocycles. The van der Waals surface area contributed by atoms with Gasteiger partial charge < -0.3 is 5.32 Å². The number of aromatic nitrogens is 3. The highest BCUT2D eigenvalue weighted by Crippen LogP contribution is 2.35. The molecule has 0 spiro atoms. The van der Waals surface area contributed by atoms with Gasteiger partial charge in [-0.1, -0.05) is 40.2 Å². The topological polar surface area (TPSA) is 59.8 Å². The SMILES string of the molecule is O=C(CC1CCc2ccccc21)Nc1cc(Br)ccc1-n1cncn1. The molecular formula is C19H17BrN4O. The summed E-state index contributed by atoms with van der Waals surface area (Å²) >= 11 is 3.46. The van der Waals surface area contributed by atoms with E-state index < -0.39 is 0 Å². The summed E-state index contributed by atoms with van der Waals surface area (Å²) in [5, 5.41) is 7.20. The first-order valence-electron chi connectivity index (χ1n) is 8.23. The number of carbonyl (C=O) groups is 1. The first kappa shape index (κ1) is 16.0. The molecule has 0 bridgehead atoms. The summed E-state index contributed by atoms with van der Waals surface area (Å²) in [6.45, 7) is 0. The van der Waals surface area contributed by atoms with Crippen molar-refractivity contribution < 1.29 is 4.79 Å². The lowest BCUT2D eigenvalue weighted by Gasteiger charge is -2.14. The number of amides is 1. The van der Waals surface area contributed by atoms with E-state index in [2.05, 4.69) is 49.5 Å². The zero-order valence-electron chi connectivity index (χ0n) is 13.5. The minimum atomic E-state index is 0.0150. The summed E-state index contributed by atoms with van der Waals surface area (Å²) in [5.74, 6) is 0.305. The Morgan fingerprint density at radius 2 is 2.16 bits per heavy atom. The standard InChI is InChI=1S/C19H17BrN4O/c20-15-7-8-18(24-12-21-11-22-24)17(10-15)23-19(25)9-14-6-5-13-3-1-2-4-16(13)14/h1-4,7-8,10-12,14H,5-6,9H2,(H,23,25). The van der Waals surface area contributed by atoms with E-state index in [1.807, 2.05) is 24.3 Å². The van der Waals surface area contributed by atoms with Crippen LogP contribution in [0.5, 0.6) is 0 Å². The van der Waals surface area contributed by atoms with Gasteiger partial charge in [-0.2, -0.15) is 5.10 Å². The van der Waals surface area contributed by atoms with Gasteiger partial charge in [-0.3, -0.25) is 4.79 Å². The summed E-state index contributed by atoms with van der Waals surface area (Å²) in [7, 11) is 0. The molecule has 2 aromatic carbocycles. The summed E-state index contributed by atoms with van der Waals surface area (Å²) in [5.41, 5.74) is 4.19. The molecule has 0 aliphatic heterocycles. The third-order valence-electron chi connectivity index (χ3n) is 4.59. The largest absolute Gasteiger partial charge is 0.324 e. The number of anilines is 1. The van der Waals surface area contributed by atoms with Gasteiger partial charge in [0.05, 0.1) is 11.4 Å². The van der Waals surface area contributed by atoms with Crippen molar-refractivity contribution in [2.75, 3.05) is 5.32 Å². The highest BCUT2D eigenvalue weighted by Gasteiger charge is 2.24. The molecule has 1 aromatic heterocycles. The third kappa shape index (κ3) is 3.35. The number of carbonyl (C=O) groups excluding carboxylic acids is 1. The van der Waals surface area contributed by atoms with E-state index in [1.165, 1.54) is 17.5 Å². The average Bonchev–Trinajstić information content (AvgIpc) is 3.26. The highest BCUT2D eigenvalue weighted by atomic mass is 79.9. The number of benzene rings is 2. The number of rotatable bonds is 4. The molecule has 25 heavy (non-hydrogen) atoms. The molecule has 1 atom stereocenters. The molecule has 3 aromatic rings. The molecule has 126 valence electrons. The van der Waals surface area contributed by atoms with Crippen molar-refractivity contribution >= 4 is 27.5 Å². The van der Waals surface area contributed by atoms with Gasteiger partial charge in [-0.25, -0.2) is 9.67 Å². The Balaban J connectivity index is 1.53. The minimum absolute atomic E-state index is 0.0150. The van der Waals surface area contributed by atoms with E-state index in [0.717, 1.165) is 28.7 Å². The predicted octanol–water partition coefficient (Wildman–Crippen LogP) is 4.09. The summed E-state index contributed by atoms with van der Waals surface area (Å²) in [6, 6.07) is 14.1. The summed E-state index contributed by atoms with van der Waals surface area (Å²) in [4.78, 5) is 16.6. The number of fused-ring (bicyclic) bond motifs is 1. The quantitative estimate of drug-likeness (QED) is 0.722. The number of nitrogens with zero attached hydrogens (tertiary/aromatic N) is 3. The first-order chi connectivity index (χ1) is 12.2. The fraction of sp³-hybridized carbons (Fsp3) is 0.211. The molecule has 4 rings (SSSR count). The monoisotopic (exact) mass is 396 g/mol. The molecule has 1 amide bonds. The van der Waals surface area contributed by atoms with Crippen LogP contribution in [-0.2, 0) is 11.2 Å². The Hall–Kier alpha value is -2.47. The maximum atomic E-state index is 12.6. The fourth-order valence-electron chi connectivity index (χ4n) is 3.42. The van der Waals surface area contributed by atoms with Crippen LogP contribution in [-0.4, -0.2) is 20.7 Å². The second-order valence-corrected chi connectivity index (χ2v) is 7.10. The van der Waals surface area contributed by atoms with E-state index in [-0.39, 0.29) is 11.8 Å². The van der Waals surface area contributed by atoms with Gasteiger partial charge in [-0.05, 0) is 48.1 Å². The molecule has 5 nitrogen and oxygen atoms in total. The van der Waals surface area contributed by atoms with E-state index in [4.69, 9.17) is 0 Å². The van der Waals surface area contributed by atoms with Crippen LogP contribution < -0.4 is 5.32 Å². The minimum Gasteiger partial charge on any atom is -0.324 e. The van der Waals surface area contributed by atoms with E-state index in [0.29, 0.717) is 6.42 Å². The van der Waals surface area contributed by atoms with Gasteiger partial charge in [0.2, 0.25) is 5.91 Å². The predicted molar refractivity (Wildman–Crippen MR) is 99.8 cm³/mol. The lowest BCUT2D eigenvalue weighted by Crippen LogP contribution is -2.16. The number of halogens is 1. The molecular weight excluding hydrogens is 380 g/mol. The average molecular weight is 397 g/mol. The van der Waals surface area contributed by atoms with Crippen molar-refractivity contribution in [2.45, 2.75) is 25.2 Å². The molecule has 0 fully saturated rings. The molecule has 6 heteroatoms. The zero-order chi connectivity index (χ0) is 17.2. The molecule has 1 aliphatic rings. The Bertz CT molecular complexity index is 908. The van der Waals surface area contributed by atoms with Gasteiger partial charge in [0, 0.05) is 10.9 Å². The van der Waals surface area contributed by atoms with Crippen molar-refractivity contribution in [2.24, 2.45) is 0 Å². The Labute approximate surface area is 154 Å². The third-order valence-corrected chi connectivity index (χ3v) is 5.08. The van der Waals surface area contributed by atoms with Crippen LogP contribution in [0.25, 0.3) is 5.69 Å². The highest BCUT2D eigenvalue weighted by molar-refractivity contribution is 9.10. The number of aryl methyl sites for hydroxylation is 1. The van der Waals surface area contributed by atoms with Crippen LogP contribution in [0.4, 0.5) is 5.69 Å². The van der Waals surface area contributed by atoms with Crippen LogP contribution in [0.15, 0.2) is 59.6 Å². The van der Waals surface area contributed by atoms with E-state index in [9.17, 15) is 4.79 Å². The Morgan fingerprint density at radius 3 is 3.00 bits per heavy atom. The van der Waals surface area contributed by atoms with Crippen LogP contribution >= 0.6 is 15.9 Å². The number of hydrogen-bond acceptors (Lipinski definition) is 3. The van der Waals surface area contributed by atoms with E-state index in [1.54, 1.807) is 11.0 Å². The molecule has 0 saturated heterocycles. The Morgan fingerprint density at radius 1 is 1.28 bits per heavy atom. The molecule has 1 aliphatic carbocycles. The number of hydrogen-bond donors (Lipinski definition) is 1. The van der Waals surface area contributed by atoms with Crippen LogP contribution in [0.1, 0.15) is 29.9 Å². The molecule has 1 N–H and O–H groups in total. The maximum absolute atomic E-state index is 12.6. The smallest absolute Gasteiger partial charge is 0.225 e. The van der Waals surface area contributed by atoms with Gasteiger partial charge in [0.25, 0.3) is 0 Å². The maximum Gasteiger partial charge on any atom is 0.225 e. The first-order valence-corrected chi connectivity index (χ1v) is 9.02. The second-order valence-electron chi connectivity index (χ2n) is 6.19. The number of nitrogens with one attached hydrogen (secondary N) is 1. The summed E-state index contributed by atoms with van der Waals surface area (Å²) in [6.07, 6.45) is 5.66. The molecule has 1 unspecified atom stereocenters. The molecule has 0 saturated carbocycles. The van der Waals surface area contributed by atoms with Gasteiger partial charge in [0.15, 0.2) is 0 Å². The van der Waals surface area contributed by atoms with Gasteiger partial charge in [-0.15, -0.1) is 0 Å². The Kier molecular flexibility index (Phi) is 4.36. The lowest BCUT2D eigenvalue weighted by atomic mass is 9.97. The van der Waals surface area contributed by atoms with Crippen molar-refractivity contribution in [1.82, 2.24) is 14.8 Å². The van der Waals surface area contributed by atoms with Crippen LogP contribution in [0.2, 0.25) is 0 Å². The fourth-order valence-corrected chi connectivity index (χ4v) is 3.78. The van der Waals surface area contributed by atoms with Crippen molar-refractivity contribution in [3.8, 4) is 5.69 Å². The lowest BCUT2D eigenvalue weighted by molar-refractivity contribution is -0.116. The second kappa shape index (κ2) is 6.80. The van der Waals surface area contributed by atoms with E-state index >= 15 is 0 Å². The summed E-state index contributed by atoms with van der Waals surface area (Å²) < 4.78 is 2.55. The van der Waals surface area contributed by atoms with Crippen molar-refractivity contribution in [1.29, 1.82) is 0 Å². The van der Waals surface area contributed by atoms with Crippen molar-refractivity contribution in [3.05, 3.63) is 70.7 Å². The van der Waals surface area contributed by atoms with Crippen LogP contribution in [0, 0.1) is 0 Å². The normalized spacial score (nSPS) is 15.8. The molecule has 0 radical (unpaired) electrons. The van der Waals surface area contributed by atoms with Gasteiger partial charge in [0.1, 0.15) is 12.7 Å². The zero-order valence-corrected chi connectivity index (χ0v) is 15.1. The van der Waals surface area contributed by atoms with Gasteiger partial charge >= 0.3 is 0 Å². The van der Waals surface area contributed by atoms with Crippen LogP contribution in [0.3, 0.4) is 0 Å². The van der Waals surface area contributed by atoms with Crippen molar-refractivity contribution in [3.63, 3.8) is 0 Å².